The number of nitrogens with one attached hydrogen (secondary N) is 1. The normalized spacial score (nSPS) is 18.1. The molecule has 50 heavy (non-hydrogen) atoms. The van der Waals surface area contributed by atoms with Crippen LogP contribution < -0.4 is 29.6 Å². The zero-order chi connectivity index (χ0) is 37.0. The summed E-state index contributed by atoms with van der Waals surface area (Å²) in [6.45, 7) is 42.9. The summed E-state index contributed by atoms with van der Waals surface area (Å²) >= 11 is 3.01. The van der Waals surface area contributed by atoms with Crippen molar-refractivity contribution in [2.45, 2.75) is 94.8 Å². The summed E-state index contributed by atoms with van der Waals surface area (Å²) in [5, 5.41) is 7.83. The molecule has 250 valence electrons. The number of nitrogens with zero attached hydrogens (tertiary/aromatic N) is 5. The summed E-state index contributed by atoms with van der Waals surface area (Å²) < 4.78 is 0. The first-order valence-corrected chi connectivity index (χ1v) is 17.0. The van der Waals surface area contributed by atoms with E-state index in [-0.39, 0.29) is 55.7 Å². The van der Waals surface area contributed by atoms with Crippen LogP contribution in [-0.4, -0.2) is 22.9 Å². The van der Waals surface area contributed by atoms with Crippen molar-refractivity contribution in [1.82, 2.24) is 0 Å². The third-order valence-electron chi connectivity index (χ3n) is 8.15. The monoisotopic (exact) mass is 734 g/mol. The first-order valence-electron chi connectivity index (χ1n) is 15.9. The molecule has 0 spiro atoms. The summed E-state index contributed by atoms with van der Waals surface area (Å²) in [7, 11) is 0. The fourth-order valence-electron chi connectivity index (χ4n) is 5.74. The van der Waals surface area contributed by atoms with E-state index in [1.807, 2.05) is 24.3 Å². The average Bonchev–Trinajstić information content (AvgIpc) is 3.16. The second-order valence-electron chi connectivity index (χ2n) is 11.1. The van der Waals surface area contributed by atoms with Crippen molar-refractivity contribution in [2.24, 2.45) is 11.8 Å². The maximum atomic E-state index is 7.29. The third-order valence-corrected chi connectivity index (χ3v) is 8.47. The number of halogens is 1. The van der Waals surface area contributed by atoms with Crippen molar-refractivity contribution < 1.29 is 31.0 Å². The summed E-state index contributed by atoms with van der Waals surface area (Å²) in [5.74, 6) is 7.60. The van der Waals surface area contributed by atoms with Crippen LogP contribution in [0, 0.1) is 87.1 Å². The van der Waals surface area contributed by atoms with Gasteiger partial charge in [-0.25, -0.2) is 50.5 Å². The molecule has 0 aliphatic heterocycles. The van der Waals surface area contributed by atoms with Crippen LogP contribution in [0.1, 0.15) is 84.9 Å². The van der Waals surface area contributed by atoms with E-state index in [4.69, 9.17) is 57.5 Å². The quantitative estimate of drug-likeness (QED) is 0.0523. The maximum Gasteiger partial charge on any atom is 1.00 e. The van der Waals surface area contributed by atoms with Gasteiger partial charge in [0.25, 0.3) is 0 Å². The van der Waals surface area contributed by atoms with Gasteiger partial charge in [0.1, 0.15) is 5.57 Å². The molecule has 0 aromatic carbocycles. The van der Waals surface area contributed by atoms with Gasteiger partial charge in [-0.2, -0.15) is 0 Å². The van der Waals surface area contributed by atoms with Gasteiger partial charge in [0, 0.05) is 12.1 Å². The minimum atomic E-state index is -1.22. The van der Waals surface area contributed by atoms with Crippen LogP contribution in [0.5, 0.6) is 0 Å². The van der Waals surface area contributed by atoms with Crippen LogP contribution in [-0.2, 0) is 0 Å². The van der Waals surface area contributed by atoms with E-state index in [1.54, 1.807) is 0 Å². The zero-order valence-electron chi connectivity index (χ0n) is 30.2. The van der Waals surface area contributed by atoms with Crippen molar-refractivity contribution in [3.63, 3.8) is 0 Å². The Balaban J connectivity index is -0.000000634. The van der Waals surface area contributed by atoms with Crippen molar-refractivity contribution in [2.75, 3.05) is 5.33 Å². The number of allylic oxidation sites excluding steroid dienone is 6. The van der Waals surface area contributed by atoms with E-state index in [9.17, 15) is 0 Å². The fourth-order valence-corrected chi connectivity index (χ4v) is 5.74. The van der Waals surface area contributed by atoms with Gasteiger partial charge in [-0.1, -0.05) is 77.4 Å². The minimum absolute atomic E-state index is 0. The number of terminal acetylenes is 3. The first kappa shape index (κ1) is 47.7. The van der Waals surface area contributed by atoms with Gasteiger partial charge in [-0.3, -0.25) is 0 Å². The molecule has 6 nitrogen and oxygen atoms in total. The molecule has 1 fully saturated rings. The summed E-state index contributed by atoms with van der Waals surface area (Å²) in [4.78, 5) is 17.3. The molecular weight excluding hydrogens is 691 g/mol. The molecule has 3 aliphatic rings. The van der Waals surface area contributed by atoms with E-state index in [2.05, 4.69) is 82.5 Å². The molecule has 2 unspecified atom stereocenters. The molecule has 1 N–H and O–H groups in total. The molecule has 3 rings (SSSR count). The number of hydrogen-bond acceptors (Lipinski definition) is 1. The Hall–Kier alpha value is -4.46. The second kappa shape index (κ2) is 28.4. The van der Waals surface area contributed by atoms with Gasteiger partial charge in [0.05, 0.1) is 17.5 Å². The van der Waals surface area contributed by atoms with Gasteiger partial charge in [0.15, 0.2) is 12.8 Å². The molecular formula is C42H44BrN6Na. The van der Waals surface area contributed by atoms with E-state index >= 15 is 0 Å². The van der Waals surface area contributed by atoms with Gasteiger partial charge in [0.2, 0.25) is 5.70 Å². The third kappa shape index (κ3) is 15.0. The average molecular weight is 736 g/mol. The van der Waals surface area contributed by atoms with E-state index in [1.165, 1.54) is 6.42 Å². The van der Waals surface area contributed by atoms with Gasteiger partial charge in [-0.15, -0.1) is 30.7 Å². The largest absolute Gasteiger partial charge is 1.00 e. The van der Waals surface area contributed by atoms with Gasteiger partial charge >= 0.3 is 40.9 Å². The Bertz CT molecular complexity index is 1660. The van der Waals surface area contributed by atoms with Crippen LogP contribution in [0.4, 0.5) is 0 Å². The smallest absolute Gasteiger partial charge is 1.00 e. The molecule has 0 bridgehead atoms. The van der Waals surface area contributed by atoms with Crippen molar-refractivity contribution >= 4 is 22.1 Å². The Morgan fingerprint density at radius 2 is 1.34 bits per heavy atom. The summed E-state index contributed by atoms with van der Waals surface area (Å²) in [5.41, 5.74) is 6.61. The van der Waals surface area contributed by atoms with Crippen LogP contribution in [0.3, 0.4) is 0 Å². The van der Waals surface area contributed by atoms with E-state index in [0.717, 1.165) is 87.1 Å². The molecule has 0 aromatic heterocycles. The molecule has 2 atom stereocenters. The molecule has 1 saturated carbocycles. The molecule has 0 heterocycles. The SMILES string of the molecule is C#CCBr.[C-]#[N+]/C(C=N)=C1\CCCCC1C=C=C.[C-]#[N+]C(CC#C)([N+]#[C-])C1=CCCCC1.[C-]#[N+]C(CC#C)([N+]#[C-])C1=CCCCC1C=C=C.[H-].[Na+]. The minimum Gasteiger partial charge on any atom is -1.00 e. The van der Waals surface area contributed by atoms with Crippen molar-refractivity contribution in [3.8, 4) is 37.0 Å². The fraction of sp³-hybridized carbons (Fsp3) is 0.429. The Morgan fingerprint density at radius 1 is 0.820 bits per heavy atom. The number of rotatable bonds is 7. The first-order chi connectivity index (χ1) is 23.8. The number of hydrogen-bond donors (Lipinski definition) is 1. The van der Waals surface area contributed by atoms with Crippen molar-refractivity contribution in [3.05, 3.63) is 128 Å². The second-order valence-corrected chi connectivity index (χ2v) is 11.7. The Morgan fingerprint density at radius 3 is 1.80 bits per heavy atom. The molecule has 0 amide bonds. The zero-order valence-corrected chi connectivity index (χ0v) is 32.8. The topological polar surface area (TPSA) is 45.6 Å². The molecule has 0 aromatic rings. The Labute approximate surface area is 333 Å². The Kier molecular flexibility index (Phi) is 27.1. The van der Waals surface area contributed by atoms with E-state index in [0.29, 0.717) is 11.0 Å². The summed E-state index contributed by atoms with van der Waals surface area (Å²) in [6.07, 6.45) is 35.8. The van der Waals surface area contributed by atoms with Crippen LogP contribution >= 0.6 is 15.9 Å². The van der Waals surface area contributed by atoms with Crippen LogP contribution in [0.2, 0.25) is 0 Å². The van der Waals surface area contributed by atoms with Crippen LogP contribution in [0.15, 0.2) is 71.3 Å². The molecule has 0 saturated heterocycles. The van der Waals surface area contributed by atoms with Gasteiger partial charge in [-0.05, 0) is 75.9 Å². The molecule has 8 heteroatoms. The molecule has 3 aliphatic carbocycles. The van der Waals surface area contributed by atoms with Crippen molar-refractivity contribution in [1.29, 1.82) is 5.41 Å². The maximum absolute atomic E-state index is 7.29. The molecule has 0 radical (unpaired) electrons. The van der Waals surface area contributed by atoms with Gasteiger partial charge < -0.3 is 6.84 Å². The standard InChI is InChI=1S/C15H14N2.C12H12N2.C12H14N2.C3H3Br.Na.H/c1-5-9-13-10-7-8-11-14(13)15(16-3,17-4)12-6-2;1-4-10-12(13-2,14-3)11-8-6-5-7-9-11;1-3-6-10-7-4-5-8-11(10)12(9-13)14-2;1-2-3-4;;/h2,9,11,13H,1,7-8,10,12H2;1,8H,5-7,9-10H2;6,9-10,13H,1,4-5,7-8H2;1H,3H2;;/q;;;;+1;-1/b;;12-11+,13-9?;;;. The van der Waals surface area contributed by atoms with Crippen LogP contribution in [0.25, 0.3) is 24.2 Å². The van der Waals surface area contributed by atoms with E-state index < -0.39 is 11.3 Å². The summed E-state index contributed by atoms with van der Waals surface area (Å²) in [6, 6.07) is 0. The predicted molar refractivity (Wildman–Crippen MR) is 206 cm³/mol. The predicted octanol–water partition coefficient (Wildman–Crippen LogP) is 8.13. The number of alkyl halides is 1.